The molecule has 0 aliphatic rings. The normalized spacial score (nSPS) is 12.2. The molecule has 0 aromatic carbocycles. The number of aromatic nitrogens is 3. The van der Waals surface area contributed by atoms with Crippen molar-refractivity contribution in [3.63, 3.8) is 0 Å². The van der Waals surface area contributed by atoms with Crippen molar-refractivity contribution in [3.8, 4) is 11.5 Å². The van der Waals surface area contributed by atoms with E-state index in [1.54, 1.807) is 18.5 Å². The van der Waals surface area contributed by atoms with Crippen LogP contribution in [0.2, 0.25) is 0 Å². The van der Waals surface area contributed by atoms with Crippen LogP contribution < -0.4 is 5.32 Å². The molecular formula is C17H24N4O2S. The van der Waals surface area contributed by atoms with E-state index in [9.17, 15) is 4.79 Å². The highest BCUT2D eigenvalue weighted by Gasteiger charge is 2.27. The van der Waals surface area contributed by atoms with Crippen molar-refractivity contribution >= 4 is 17.7 Å². The van der Waals surface area contributed by atoms with Gasteiger partial charge in [-0.3, -0.25) is 9.78 Å². The summed E-state index contributed by atoms with van der Waals surface area (Å²) in [6, 6.07) is 3.65. The van der Waals surface area contributed by atoms with Crippen molar-refractivity contribution in [2.45, 2.75) is 51.8 Å². The lowest BCUT2D eigenvalue weighted by Gasteiger charge is -2.33. The van der Waals surface area contributed by atoms with E-state index >= 15 is 0 Å². The van der Waals surface area contributed by atoms with Gasteiger partial charge in [0.2, 0.25) is 11.8 Å². The summed E-state index contributed by atoms with van der Waals surface area (Å²) < 4.78 is 5.55. The van der Waals surface area contributed by atoms with Crippen molar-refractivity contribution < 1.29 is 9.21 Å². The van der Waals surface area contributed by atoms with Crippen LogP contribution in [0.3, 0.4) is 0 Å². The molecule has 0 atom stereocenters. The second-order valence-corrected chi connectivity index (χ2v) is 8.50. The van der Waals surface area contributed by atoms with E-state index in [1.807, 2.05) is 19.9 Å². The molecule has 0 radical (unpaired) electrons. The third-order valence-corrected chi connectivity index (χ3v) is 3.91. The second-order valence-electron chi connectivity index (χ2n) is 7.57. The van der Waals surface area contributed by atoms with Crippen molar-refractivity contribution in [2.24, 2.45) is 5.41 Å². The number of hydrogen-bond donors (Lipinski definition) is 1. The Hall–Kier alpha value is -1.89. The summed E-state index contributed by atoms with van der Waals surface area (Å²) in [5.74, 6) is 0.594. The van der Waals surface area contributed by atoms with Crippen LogP contribution in [0.5, 0.6) is 0 Å². The van der Waals surface area contributed by atoms with Crippen molar-refractivity contribution in [1.29, 1.82) is 0 Å². The van der Waals surface area contributed by atoms with Crippen LogP contribution in [-0.4, -0.2) is 32.4 Å². The molecular weight excluding hydrogens is 324 g/mol. The first-order valence-electron chi connectivity index (χ1n) is 7.82. The van der Waals surface area contributed by atoms with Gasteiger partial charge in [0.15, 0.2) is 0 Å². The van der Waals surface area contributed by atoms with Crippen LogP contribution in [0.15, 0.2) is 34.2 Å². The van der Waals surface area contributed by atoms with Crippen LogP contribution in [0, 0.1) is 5.41 Å². The van der Waals surface area contributed by atoms with Gasteiger partial charge in [-0.1, -0.05) is 32.5 Å². The summed E-state index contributed by atoms with van der Waals surface area (Å²) in [6.07, 6.45) is 4.23. The molecule has 0 unspecified atom stereocenters. The van der Waals surface area contributed by atoms with Gasteiger partial charge in [-0.05, 0) is 37.8 Å². The number of hydrogen-bond acceptors (Lipinski definition) is 6. The van der Waals surface area contributed by atoms with Crippen LogP contribution in [0.4, 0.5) is 0 Å². The van der Waals surface area contributed by atoms with Gasteiger partial charge in [-0.25, -0.2) is 0 Å². The highest BCUT2D eigenvalue weighted by atomic mass is 32.2. The molecule has 130 valence electrons. The fourth-order valence-corrected chi connectivity index (χ4v) is 3.35. The summed E-state index contributed by atoms with van der Waals surface area (Å²) >= 11 is 1.23. The average Bonchev–Trinajstić information content (AvgIpc) is 2.92. The maximum atomic E-state index is 12.2. The van der Waals surface area contributed by atoms with Gasteiger partial charge >= 0.3 is 0 Å². The Morgan fingerprint density at radius 1 is 1.25 bits per heavy atom. The molecule has 0 spiro atoms. The van der Waals surface area contributed by atoms with E-state index < -0.39 is 0 Å². The van der Waals surface area contributed by atoms with Gasteiger partial charge in [-0.2, -0.15) is 0 Å². The Bertz CT molecular complexity index is 677. The maximum absolute atomic E-state index is 12.2. The highest BCUT2D eigenvalue weighted by Crippen LogP contribution is 2.27. The number of pyridine rings is 1. The molecule has 1 N–H and O–H groups in total. The zero-order chi connectivity index (χ0) is 17.8. The molecule has 0 aliphatic carbocycles. The first-order valence-corrected chi connectivity index (χ1v) is 8.81. The topological polar surface area (TPSA) is 80.9 Å². The lowest BCUT2D eigenvalue weighted by Crippen LogP contribution is -2.46. The van der Waals surface area contributed by atoms with Gasteiger partial charge in [0.05, 0.1) is 11.3 Å². The summed E-state index contributed by atoms with van der Waals surface area (Å²) in [4.78, 5) is 16.2. The van der Waals surface area contributed by atoms with Gasteiger partial charge < -0.3 is 9.73 Å². The summed E-state index contributed by atoms with van der Waals surface area (Å²) in [5, 5.41) is 11.4. The Morgan fingerprint density at radius 2 is 2.00 bits per heavy atom. The van der Waals surface area contributed by atoms with E-state index in [1.165, 1.54) is 11.8 Å². The molecule has 0 saturated heterocycles. The highest BCUT2D eigenvalue weighted by molar-refractivity contribution is 7.99. The summed E-state index contributed by atoms with van der Waals surface area (Å²) in [6.45, 7) is 10.6. The molecule has 24 heavy (non-hydrogen) atoms. The zero-order valence-electron chi connectivity index (χ0n) is 14.8. The third kappa shape index (κ3) is 5.96. The first kappa shape index (κ1) is 18.4. The number of nitrogens with one attached hydrogen (secondary N) is 1. The Morgan fingerprint density at radius 3 is 2.62 bits per heavy atom. The summed E-state index contributed by atoms with van der Waals surface area (Å²) in [5.41, 5.74) is 0.647. The Kier molecular flexibility index (Phi) is 5.64. The van der Waals surface area contributed by atoms with Gasteiger partial charge in [0.25, 0.3) is 5.22 Å². The molecule has 0 bridgehead atoms. The molecule has 2 aromatic heterocycles. The zero-order valence-corrected chi connectivity index (χ0v) is 15.6. The first-order chi connectivity index (χ1) is 11.1. The molecule has 0 fully saturated rings. The average molecular weight is 348 g/mol. The number of nitrogens with zero attached hydrogens (tertiary/aromatic N) is 3. The quantitative estimate of drug-likeness (QED) is 0.804. The van der Waals surface area contributed by atoms with Crippen LogP contribution >= 0.6 is 11.8 Å². The van der Waals surface area contributed by atoms with Crippen LogP contribution in [-0.2, 0) is 4.79 Å². The predicted octanol–water partition coefficient (Wildman–Crippen LogP) is 3.55. The van der Waals surface area contributed by atoms with Gasteiger partial charge in [-0.15, -0.1) is 10.2 Å². The number of rotatable bonds is 6. The molecule has 0 aliphatic heterocycles. The predicted molar refractivity (Wildman–Crippen MR) is 94.5 cm³/mol. The Balaban J connectivity index is 1.87. The van der Waals surface area contributed by atoms with E-state index in [0.717, 1.165) is 12.0 Å². The van der Waals surface area contributed by atoms with Crippen molar-refractivity contribution in [3.05, 3.63) is 24.5 Å². The molecule has 7 heteroatoms. The summed E-state index contributed by atoms with van der Waals surface area (Å²) in [7, 11) is 0. The fourth-order valence-electron chi connectivity index (χ4n) is 2.78. The molecule has 0 saturated carbocycles. The lowest BCUT2D eigenvalue weighted by atomic mass is 9.82. The number of carbonyl (C=O) groups is 1. The molecule has 1 amide bonds. The standard InChI is InChI=1S/C17H24N4O2S/c1-16(2,3)11-17(4,5)19-13(22)10-24-15-21-20-14(23-15)12-7-6-8-18-9-12/h6-9H,10-11H2,1-5H3,(H,19,22). The van der Waals surface area contributed by atoms with E-state index in [4.69, 9.17) is 4.42 Å². The smallest absolute Gasteiger partial charge is 0.277 e. The largest absolute Gasteiger partial charge is 0.411 e. The van der Waals surface area contributed by atoms with Crippen molar-refractivity contribution in [2.75, 3.05) is 5.75 Å². The second kappa shape index (κ2) is 7.34. The van der Waals surface area contributed by atoms with Gasteiger partial charge in [0.1, 0.15) is 0 Å². The van der Waals surface area contributed by atoms with E-state index in [-0.39, 0.29) is 22.6 Å². The molecule has 6 nitrogen and oxygen atoms in total. The molecule has 2 heterocycles. The van der Waals surface area contributed by atoms with Crippen molar-refractivity contribution in [1.82, 2.24) is 20.5 Å². The maximum Gasteiger partial charge on any atom is 0.277 e. The monoisotopic (exact) mass is 348 g/mol. The minimum absolute atomic E-state index is 0.0459. The fraction of sp³-hybridized carbons (Fsp3) is 0.529. The lowest BCUT2D eigenvalue weighted by molar-refractivity contribution is -0.120. The minimum Gasteiger partial charge on any atom is -0.411 e. The minimum atomic E-state index is -0.258. The van der Waals surface area contributed by atoms with Gasteiger partial charge in [0, 0.05) is 17.9 Å². The number of amides is 1. The molecule has 2 aromatic rings. The molecule has 2 rings (SSSR count). The van der Waals surface area contributed by atoms with E-state index in [0.29, 0.717) is 11.1 Å². The number of thioether (sulfide) groups is 1. The SMILES string of the molecule is CC(C)(C)CC(C)(C)NC(=O)CSc1nnc(-c2cccnc2)o1. The third-order valence-electron chi connectivity index (χ3n) is 3.09. The van der Waals surface area contributed by atoms with Crippen LogP contribution in [0.1, 0.15) is 41.0 Å². The van der Waals surface area contributed by atoms with Crippen LogP contribution in [0.25, 0.3) is 11.5 Å². The Labute approximate surface area is 146 Å². The number of carbonyl (C=O) groups excluding carboxylic acids is 1. The van der Waals surface area contributed by atoms with E-state index in [2.05, 4.69) is 41.3 Å².